The summed E-state index contributed by atoms with van der Waals surface area (Å²) in [4.78, 5) is 1.30. The van der Waals surface area contributed by atoms with Gasteiger partial charge in [-0.05, 0) is 25.1 Å². The number of rotatable bonds is 5. The zero-order valence-corrected chi connectivity index (χ0v) is 10.9. The lowest BCUT2D eigenvalue weighted by Crippen LogP contribution is -2.34. The van der Waals surface area contributed by atoms with Gasteiger partial charge in [0.1, 0.15) is 0 Å². The van der Waals surface area contributed by atoms with Crippen molar-refractivity contribution >= 4 is 17.3 Å². The minimum absolute atomic E-state index is 0.110. The highest BCUT2D eigenvalue weighted by Crippen LogP contribution is 2.25. The van der Waals surface area contributed by atoms with Crippen LogP contribution in [0.2, 0.25) is 5.02 Å². The highest BCUT2D eigenvalue weighted by atomic mass is 35.5. The van der Waals surface area contributed by atoms with E-state index in [0.717, 1.165) is 0 Å². The zero-order chi connectivity index (χ0) is 13.8. The second-order valence-corrected chi connectivity index (χ2v) is 4.54. The second kappa shape index (κ2) is 6.29. The summed E-state index contributed by atoms with van der Waals surface area (Å²) in [7, 11) is 0. The summed E-state index contributed by atoms with van der Waals surface area (Å²) in [5.74, 6) is 0. The number of hydrogen-bond acceptors (Lipinski definition) is 2. The number of nitrogens with zero attached hydrogens (tertiary/aromatic N) is 1. The van der Waals surface area contributed by atoms with Crippen molar-refractivity contribution in [3.63, 3.8) is 0 Å². The van der Waals surface area contributed by atoms with Crippen molar-refractivity contribution in [2.75, 3.05) is 18.8 Å². The molecular weight excluding hydrogens is 265 g/mol. The largest absolute Gasteiger partial charge is 0.401 e. The standard InChI is InChI=1S/C12H16ClF3N2/c1-2-6-18(8-12(14,15)16)7-9-10(13)4-3-5-11(9)17/h3-5H,2,6-8,17H2,1H3. The average Bonchev–Trinajstić information content (AvgIpc) is 2.21. The van der Waals surface area contributed by atoms with Gasteiger partial charge in [-0.1, -0.05) is 24.6 Å². The van der Waals surface area contributed by atoms with Gasteiger partial charge >= 0.3 is 6.18 Å². The maximum atomic E-state index is 12.4. The van der Waals surface area contributed by atoms with Crippen LogP contribution in [-0.2, 0) is 6.54 Å². The number of halogens is 4. The molecule has 0 spiro atoms. The van der Waals surface area contributed by atoms with Crippen molar-refractivity contribution in [2.24, 2.45) is 0 Å². The summed E-state index contributed by atoms with van der Waals surface area (Å²) >= 11 is 5.96. The predicted molar refractivity (Wildman–Crippen MR) is 67.5 cm³/mol. The molecule has 0 aliphatic heterocycles. The molecule has 2 N–H and O–H groups in total. The first-order chi connectivity index (χ1) is 8.33. The molecule has 0 aromatic heterocycles. The first kappa shape index (κ1) is 15.1. The van der Waals surface area contributed by atoms with Gasteiger partial charge in [-0.2, -0.15) is 13.2 Å². The third kappa shape index (κ3) is 4.74. The molecular formula is C12H16ClF3N2. The number of hydrogen-bond donors (Lipinski definition) is 1. The third-order valence-corrected chi connectivity index (χ3v) is 2.83. The number of nitrogen functional groups attached to an aromatic ring is 1. The van der Waals surface area contributed by atoms with E-state index < -0.39 is 12.7 Å². The first-order valence-corrected chi connectivity index (χ1v) is 6.03. The van der Waals surface area contributed by atoms with Crippen molar-refractivity contribution in [2.45, 2.75) is 26.1 Å². The van der Waals surface area contributed by atoms with Crippen LogP contribution in [0.4, 0.5) is 18.9 Å². The van der Waals surface area contributed by atoms with E-state index in [4.69, 9.17) is 17.3 Å². The minimum Gasteiger partial charge on any atom is -0.398 e. The maximum Gasteiger partial charge on any atom is 0.401 e. The highest BCUT2D eigenvalue weighted by Gasteiger charge is 2.30. The molecule has 0 unspecified atom stereocenters. The molecule has 1 aromatic carbocycles. The Balaban J connectivity index is 2.83. The van der Waals surface area contributed by atoms with Gasteiger partial charge in [0.2, 0.25) is 0 Å². The summed E-state index contributed by atoms with van der Waals surface area (Å²) < 4.78 is 37.3. The van der Waals surface area contributed by atoms with Crippen LogP contribution >= 0.6 is 11.6 Å². The van der Waals surface area contributed by atoms with Gasteiger partial charge in [-0.25, -0.2) is 0 Å². The fraction of sp³-hybridized carbons (Fsp3) is 0.500. The SMILES string of the molecule is CCCN(Cc1c(N)cccc1Cl)CC(F)(F)F. The van der Waals surface area contributed by atoms with Crippen LogP contribution in [0.5, 0.6) is 0 Å². The fourth-order valence-electron chi connectivity index (χ4n) is 1.75. The Hall–Kier alpha value is -0.940. The van der Waals surface area contributed by atoms with Gasteiger partial charge in [-0.3, -0.25) is 4.90 Å². The summed E-state index contributed by atoms with van der Waals surface area (Å²) in [5.41, 5.74) is 6.71. The summed E-state index contributed by atoms with van der Waals surface area (Å²) in [5, 5.41) is 0.401. The van der Waals surface area contributed by atoms with E-state index in [0.29, 0.717) is 29.2 Å². The molecule has 0 aliphatic rings. The smallest absolute Gasteiger partial charge is 0.398 e. The molecule has 0 atom stereocenters. The van der Waals surface area contributed by atoms with Gasteiger partial charge in [0.15, 0.2) is 0 Å². The van der Waals surface area contributed by atoms with Gasteiger partial charge in [-0.15, -0.1) is 0 Å². The fourth-order valence-corrected chi connectivity index (χ4v) is 1.99. The Morgan fingerprint density at radius 2 is 2.00 bits per heavy atom. The molecule has 0 saturated carbocycles. The molecule has 0 aliphatic carbocycles. The lowest BCUT2D eigenvalue weighted by Gasteiger charge is -2.24. The van der Waals surface area contributed by atoms with Crippen LogP contribution in [0.15, 0.2) is 18.2 Å². The molecule has 1 rings (SSSR count). The van der Waals surface area contributed by atoms with Crippen molar-refractivity contribution in [1.29, 1.82) is 0 Å². The molecule has 102 valence electrons. The normalized spacial score (nSPS) is 12.1. The monoisotopic (exact) mass is 280 g/mol. The molecule has 0 radical (unpaired) electrons. The Labute approximate surface area is 110 Å². The van der Waals surface area contributed by atoms with Crippen LogP contribution < -0.4 is 5.73 Å². The quantitative estimate of drug-likeness (QED) is 0.834. The van der Waals surface area contributed by atoms with E-state index in [-0.39, 0.29) is 6.54 Å². The number of nitrogens with two attached hydrogens (primary N) is 1. The van der Waals surface area contributed by atoms with Gasteiger partial charge < -0.3 is 5.73 Å². The Bertz CT molecular complexity index is 373. The van der Waals surface area contributed by atoms with Crippen molar-refractivity contribution in [3.8, 4) is 0 Å². The van der Waals surface area contributed by atoms with Crippen LogP contribution in [0, 0.1) is 0 Å². The molecule has 1 aromatic rings. The molecule has 0 bridgehead atoms. The second-order valence-electron chi connectivity index (χ2n) is 4.13. The number of benzene rings is 1. The molecule has 18 heavy (non-hydrogen) atoms. The van der Waals surface area contributed by atoms with Crippen molar-refractivity contribution in [1.82, 2.24) is 4.90 Å². The summed E-state index contributed by atoms with van der Waals surface area (Å²) in [6, 6.07) is 4.94. The van der Waals surface area contributed by atoms with Gasteiger partial charge in [0.05, 0.1) is 6.54 Å². The van der Waals surface area contributed by atoms with E-state index in [1.54, 1.807) is 18.2 Å². The molecule has 0 amide bonds. The van der Waals surface area contributed by atoms with Crippen molar-refractivity contribution in [3.05, 3.63) is 28.8 Å². The lowest BCUT2D eigenvalue weighted by molar-refractivity contribution is -0.147. The maximum absolute atomic E-state index is 12.4. The molecule has 0 fully saturated rings. The van der Waals surface area contributed by atoms with Crippen LogP contribution in [0.3, 0.4) is 0 Å². The van der Waals surface area contributed by atoms with E-state index in [1.165, 1.54) is 4.90 Å². The van der Waals surface area contributed by atoms with Gasteiger partial charge in [0, 0.05) is 22.8 Å². The Morgan fingerprint density at radius 1 is 1.33 bits per heavy atom. The number of anilines is 1. The van der Waals surface area contributed by atoms with E-state index in [1.807, 2.05) is 6.92 Å². The molecule has 0 heterocycles. The van der Waals surface area contributed by atoms with Crippen LogP contribution in [0.25, 0.3) is 0 Å². The lowest BCUT2D eigenvalue weighted by atomic mass is 10.1. The molecule has 2 nitrogen and oxygen atoms in total. The predicted octanol–water partition coefficient (Wildman–Crippen LogP) is 3.70. The average molecular weight is 281 g/mol. The Kier molecular flexibility index (Phi) is 5.28. The number of alkyl halides is 3. The topological polar surface area (TPSA) is 29.3 Å². The molecule has 6 heteroatoms. The van der Waals surface area contributed by atoms with E-state index >= 15 is 0 Å². The van der Waals surface area contributed by atoms with Crippen molar-refractivity contribution < 1.29 is 13.2 Å². The highest BCUT2D eigenvalue weighted by molar-refractivity contribution is 6.31. The van der Waals surface area contributed by atoms with E-state index in [2.05, 4.69) is 0 Å². The van der Waals surface area contributed by atoms with Gasteiger partial charge in [0.25, 0.3) is 0 Å². The molecule has 0 saturated heterocycles. The minimum atomic E-state index is -4.22. The van der Waals surface area contributed by atoms with E-state index in [9.17, 15) is 13.2 Å². The van der Waals surface area contributed by atoms with Crippen LogP contribution in [0.1, 0.15) is 18.9 Å². The Morgan fingerprint density at radius 3 is 2.50 bits per heavy atom. The summed E-state index contributed by atoms with van der Waals surface area (Å²) in [6.07, 6.45) is -3.58. The first-order valence-electron chi connectivity index (χ1n) is 5.65. The zero-order valence-electron chi connectivity index (χ0n) is 10.1. The third-order valence-electron chi connectivity index (χ3n) is 2.48. The summed E-state index contributed by atoms with van der Waals surface area (Å²) in [6.45, 7) is 1.34. The van der Waals surface area contributed by atoms with Crippen LogP contribution in [-0.4, -0.2) is 24.2 Å².